The van der Waals surface area contributed by atoms with Crippen LogP contribution in [-0.2, 0) is 6.18 Å². The van der Waals surface area contributed by atoms with Crippen LogP contribution >= 0.6 is 0 Å². The highest BCUT2D eigenvalue weighted by atomic mass is 19.4. The third kappa shape index (κ3) is 3.31. The maximum atomic E-state index is 12.9. The van der Waals surface area contributed by atoms with E-state index >= 15 is 0 Å². The number of halogens is 3. The summed E-state index contributed by atoms with van der Waals surface area (Å²) in [5.74, 6) is 2.10. The lowest BCUT2D eigenvalue weighted by Crippen LogP contribution is -2.18. The molecule has 0 atom stereocenters. The molecule has 0 radical (unpaired) electrons. The number of rotatable bonds is 5. The van der Waals surface area contributed by atoms with Gasteiger partial charge >= 0.3 is 6.18 Å². The van der Waals surface area contributed by atoms with Crippen molar-refractivity contribution in [1.29, 1.82) is 5.26 Å². The molecule has 0 amide bonds. The van der Waals surface area contributed by atoms with Crippen LogP contribution in [0, 0.1) is 29.1 Å². The highest BCUT2D eigenvalue weighted by molar-refractivity contribution is 5.53. The SMILES string of the molecule is N#Cc1ccc(NCC(C2CC2)C2CC2)cc1C(F)(F)F. The predicted octanol–water partition coefficient (Wildman–Crippen LogP) is 4.43. The lowest BCUT2D eigenvalue weighted by molar-refractivity contribution is -0.137. The maximum absolute atomic E-state index is 12.9. The Morgan fingerprint density at radius 3 is 2.29 bits per heavy atom. The van der Waals surface area contributed by atoms with E-state index in [9.17, 15) is 13.2 Å². The van der Waals surface area contributed by atoms with Gasteiger partial charge in [0.15, 0.2) is 0 Å². The van der Waals surface area contributed by atoms with Crippen LogP contribution < -0.4 is 5.32 Å². The second-order valence-corrected chi connectivity index (χ2v) is 6.09. The summed E-state index contributed by atoms with van der Waals surface area (Å²) in [6.45, 7) is 0.735. The molecule has 112 valence electrons. The summed E-state index contributed by atoms with van der Waals surface area (Å²) in [6, 6.07) is 5.46. The third-order valence-corrected chi connectivity index (χ3v) is 4.44. The van der Waals surface area contributed by atoms with E-state index in [0.29, 0.717) is 11.6 Å². The number of nitrogens with one attached hydrogen (secondary N) is 1. The van der Waals surface area contributed by atoms with Crippen LogP contribution in [0.5, 0.6) is 0 Å². The van der Waals surface area contributed by atoms with Crippen molar-refractivity contribution in [1.82, 2.24) is 0 Å². The molecular weight excluding hydrogens is 277 g/mol. The van der Waals surface area contributed by atoms with Gasteiger partial charge in [0.1, 0.15) is 0 Å². The summed E-state index contributed by atoms with van der Waals surface area (Å²) >= 11 is 0. The number of nitriles is 1. The Labute approximate surface area is 122 Å². The Morgan fingerprint density at radius 2 is 1.81 bits per heavy atom. The van der Waals surface area contributed by atoms with Gasteiger partial charge in [-0.1, -0.05) is 0 Å². The minimum Gasteiger partial charge on any atom is -0.385 e. The molecule has 2 saturated carbocycles. The van der Waals surface area contributed by atoms with E-state index in [1.165, 1.54) is 31.7 Å². The molecule has 1 aromatic rings. The first-order chi connectivity index (χ1) is 9.99. The van der Waals surface area contributed by atoms with E-state index in [1.807, 2.05) is 0 Å². The summed E-state index contributed by atoms with van der Waals surface area (Å²) in [6.07, 6.45) is 0.525. The number of benzene rings is 1. The van der Waals surface area contributed by atoms with Crippen LogP contribution in [0.25, 0.3) is 0 Å². The molecule has 0 heterocycles. The molecule has 5 heteroatoms. The molecule has 2 fully saturated rings. The van der Waals surface area contributed by atoms with Gasteiger partial charge in [-0.05, 0) is 61.6 Å². The van der Waals surface area contributed by atoms with Crippen molar-refractivity contribution in [2.45, 2.75) is 31.9 Å². The lowest BCUT2D eigenvalue weighted by atomic mass is 9.97. The van der Waals surface area contributed by atoms with Crippen LogP contribution in [-0.4, -0.2) is 6.54 Å². The van der Waals surface area contributed by atoms with Gasteiger partial charge in [0.05, 0.1) is 17.2 Å². The van der Waals surface area contributed by atoms with E-state index in [4.69, 9.17) is 5.26 Å². The summed E-state index contributed by atoms with van der Waals surface area (Å²) in [5.41, 5.74) is -0.731. The topological polar surface area (TPSA) is 35.8 Å². The normalized spacial score (nSPS) is 18.6. The number of anilines is 1. The molecule has 0 aromatic heterocycles. The average molecular weight is 294 g/mol. The van der Waals surface area contributed by atoms with Crippen LogP contribution in [0.4, 0.5) is 18.9 Å². The van der Waals surface area contributed by atoms with E-state index < -0.39 is 11.7 Å². The van der Waals surface area contributed by atoms with Crippen LogP contribution in [0.15, 0.2) is 18.2 Å². The van der Waals surface area contributed by atoms with Crippen molar-refractivity contribution in [3.05, 3.63) is 29.3 Å². The average Bonchev–Trinajstić information content (AvgIpc) is 3.31. The fourth-order valence-electron chi connectivity index (χ4n) is 2.99. The zero-order valence-electron chi connectivity index (χ0n) is 11.6. The number of alkyl halides is 3. The Bertz CT molecular complexity index is 554. The van der Waals surface area contributed by atoms with Gasteiger partial charge in [-0.3, -0.25) is 0 Å². The van der Waals surface area contributed by atoms with Gasteiger partial charge in [0.2, 0.25) is 0 Å². The van der Waals surface area contributed by atoms with Crippen molar-refractivity contribution in [2.24, 2.45) is 17.8 Å². The van der Waals surface area contributed by atoms with E-state index in [0.717, 1.165) is 24.4 Å². The Morgan fingerprint density at radius 1 is 1.19 bits per heavy atom. The molecule has 0 unspecified atom stereocenters. The Kier molecular flexibility index (Phi) is 3.56. The maximum Gasteiger partial charge on any atom is 0.417 e. The van der Waals surface area contributed by atoms with Gasteiger partial charge < -0.3 is 5.32 Å². The van der Waals surface area contributed by atoms with Gasteiger partial charge in [-0.15, -0.1) is 0 Å². The summed E-state index contributed by atoms with van der Waals surface area (Å²) in [4.78, 5) is 0. The lowest BCUT2D eigenvalue weighted by Gasteiger charge is -2.18. The first-order valence-corrected chi connectivity index (χ1v) is 7.34. The fourth-order valence-corrected chi connectivity index (χ4v) is 2.99. The molecule has 2 aliphatic rings. The third-order valence-electron chi connectivity index (χ3n) is 4.44. The first-order valence-electron chi connectivity index (χ1n) is 7.34. The molecule has 1 N–H and O–H groups in total. The van der Waals surface area contributed by atoms with Crippen molar-refractivity contribution < 1.29 is 13.2 Å². The largest absolute Gasteiger partial charge is 0.417 e. The molecule has 0 bridgehead atoms. The number of nitrogens with zero attached hydrogens (tertiary/aromatic N) is 1. The monoisotopic (exact) mass is 294 g/mol. The zero-order chi connectivity index (χ0) is 15.0. The van der Waals surface area contributed by atoms with E-state index in [-0.39, 0.29) is 5.56 Å². The molecule has 2 nitrogen and oxygen atoms in total. The van der Waals surface area contributed by atoms with E-state index in [2.05, 4.69) is 5.32 Å². The van der Waals surface area contributed by atoms with E-state index in [1.54, 1.807) is 12.1 Å². The summed E-state index contributed by atoms with van der Waals surface area (Å²) in [5, 5.41) is 11.9. The second-order valence-electron chi connectivity index (χ2n) is 6.09. The molecule has 3 rings (SSSR count). The molecule has 1 aromatic carbocycles. The van der Waals surface area contributed by atoms with Gasteiger partial charge in [0, 0.05) is 12.2 Å². The molecule has 21 heavy (non-hydrogen) atoms. The summed E-state index contributed by atoms with van der Waals surface area (Å²) in [7, 11) is 0. The first kappa shape index (κ1) is 14.2. The Hall–Kier alpha value is -1.70. The highest BCUT2D eigenvalue weighted by Crippen LogP contribution is 2.49. The minimum atomic E-state index is -4.49. The van der Waals surface area contributed by atoms with Gasteiger partial charge in [0.25, 0.3) is 0 Å². The molecular formula is C16H17F3N2. The highest BCUT2D eigenvalue weighted by Gasteiger charge is 2.41. The second kappa shape index (κ2) is 5.25. The van der Waals surface area contributed by atoms with Crippen LogP contribution in [0.2, 0.25) is 0 Å². The number of hydrogen-bond acceptors (Lipinski definition) is 2. The minimum absolute atomic E-state index is 0.325. The van der Waals surface area contributed by atoms with Crippen LogP contribution in [0.1, 0.15) is 36.8 Å². The van der Waals surface area contributed by atoms with Gasteiger partial charge in [-0.2, -0.15) is 18.4 Å². The quantitative estimate of drug-likeness (QED) is 0.872. The summed E-state index contributed by atoms with van der Waals surface area (Å²) < 4.78 is 38.7. The van der Waals surface area contributed by atoms with Crippen LogP contribution in [0.3, 0.4) is 0 Å². The molecule has 2 aliphatic carbocycles. The smallest absolute Gasteiger partial charge is 0.385 e. The fraction of sp³-hybridized carbons (Fsp3) is 0.562. The molecule has 0 aliphatic heterocycles. The van der Waals surface area contributed by atoms with Gasteiger partial charge in [-0.25, -0.2) is 0 Å². The molecule has 0 spiro atoms. The number of hydrogen-bond donors (Lipinski definition) is 1. The van der Waals surface area contributed by atoms with Crippen molar-refractivity contribution in [2.75, 3.05) is 11.9 Å². The van der Waals surface area contributed by atoms with Crippen molar-refractivity contribution in [3.63, 3.8) is 0 Å². The molecule has 0 saturated heterocycles. The Balaban J connectivity index is 1.72. The zero-order valence-corrected chi connectivity index (χ0v) is 11.6. The van der Waals surface area contributed by atoms with Crippen molar-refractivity contribution >= 4 is 5.69 Å². The predicted molar refractivity (Wildman–Crippen MR) is 73.6 cm³/mol. The van der Waals surface area contributed by atoms with Crippen molar-refractivity contribution in [3.8, 4) is 6.07 Å². The standard InChI is InChI=1S/C16H17F3N2/c17-16(18,19)15-7-13(6-5-12(15)8-20)21-9-14(10-1-2-10)11-3-4-11/h5-7,10-11,14,21H,1-4,9H2.